The molecule has 2 heteroatoms. The smallest absolute Gasteiger partial charge is 0.156 e. The molecule has 0 aliphatic heterocycles. The maximum absolute atomic E-state index is 6.16. The van der Waals surface area contributed by atoms with Crippen LogP contribution in [0.1, 0.15) is 50.7 Å². The fourth-order valence-electron chi connectivity index (χ4n) is 2.09. The molecule has 1 aromatic rings. The van der Waals surface area contributed by atoms with Crippen LogP contribution in [0.15, 0.2) is 18.2 Å². The van der Waals surface area contributed by atoms with Crippen LogP contribution in [-0.4, -0.2) is 8.83 Å². The molecule has 90 valence electrons. The van der Waals surface area contributed by atoms with E-state index in [-0.39, 0.29) is 0 Å². The highest BCUT2D eigenvalue weighted by Crippen LogP contribution is 2.13. The molecule has 16 heavy (non-hydrogen) atoms. The fourth-order valence-corrected chi connectivity index (χ4v) is 3.63. The third-order valence-corrected chi connectivity index (χ3v) is 4.91. The molecule has 0 aromatic heterocycles. The van der Waals surface area contributed by atoms with Crippen molar-refractivity contribution in [3.05, 3.63) is 29.3 Å². The predicted octanol–water partition coefficient (Wildman–Crippen LogP) is 3.32. The van der Waals surface area contributed by atoms with E-state index < -0.39 is 8.83 Å². The van der Waals surface area contributed by atoms with Gasteiger partial charge < -0.3 is 0 Å². The van der Waals surface area contributed by atoms with E-state index in [1.807, 2.05) is 0 Å². The number of rotatable bonds is 7. The third kappa shape index (κ3) is 3.95. The minimum absolute atomic E-state index is 0.538. The van der Waals surface area contributed by atoms with Crippen molar-refractivity contribution in [3.8, 4) is 0 Å². The van der Waals surface area contributed by atoms with Gasteiger partial charge in [0.05, 0.1) is 0 Å². The maximum atomic E-state index is 6.16. The molecular formula is C14H23ClSi. The van der Waals surface area contributed by atoms with Gasteiger partial charge in [0.2, 0.25) is 0 Å². The Labute approximate surface area is 107 Å². The first-order chi connectivity index (χ1) is 7.83. The van der Waals surface area contributed by atoms with Gasteiger partial charge in [0.1, 0.15) is 0 Å². The molecule has 0 saturated carbocycles. The lowest BCUT2D eigenvalue weighted by molar-refractivity contribution is 0.760. The van der Waals surface area contributed by atoms with E-state index >= 15 is 0 Å². The number of hydrogen-bond donors (Lipinski definition) is 0. The summed E-state index contributed by atoms with van der Waals surface area (Å²) >= 11 is 6.16. The van der Waals surface area contributed by atoms with Crippen LogP contribution in [0.25, 0.3) is 0 Å². The molecule has 0 radical (unpaired) electrons. The summed E-state index contributed by atoms with van der Waals surface area (Å²) < 4.78 is 0. The summed E-state index contributed by atoms with van der Waals surface area (Å²) in [6.07, 6.45) is 7.59. The van der Waals surface area contributed by atoms with Gasteiger partial charge in [-0.05, 0) is 42.0 Å². The van der Waals surface area contributed by atoms with Crippen molar-refractivity contribution in [1.29, 1.82) is 0 Å². The first-order valence-corrected chi connectivity index (χ1v) is 9.33. The average molecular weight is 255 g/mol. The second kappa shape index (κ2) is 7.91. The molecule has 0 aliphatic rings. The molecule has 1 rings (SSSR count). The molecule has 0 unspecified atom stereocenters. The van der Waals surface area contributed by atoms with E-state index in [0.717, 1.165) is 0 Å². The molecule has 1 aromatic carbocycles. The first-order valence-electron chi connectivity index (χ1n) is 6.49. The zero-order chi connectivity index (χ0) is 11.8. The lowest BCUT2D eigenvalue weighted by Crippen LogP contribution is -2.17. The molecule has 0 bridgehead atoms. The van der Waals surface area contributed by atoms with Crippen molar-refractivity contribution in [2.75, 3.05) is 0 Å². The third-order valence-electron chi connectivity index (χ3n) is 3.09. The van der Waals surface area contributed by atoms with E-state index in [2.05, 4.69) is 32.0 Å². The second-order valence-corrected chi connectivity index (χ2v) is 6.23. The highest BCUT2D eigenvalue weighted by Gasteiger charge is 2.07. The Kier molecular flexibility index (Phi) is 6.82. The fraction of sp³-hybridized carbons (Fsp3) is 0.571. The van der Waals surface area contributed by atoms with E-state index in [4.69, 9.17) is 11.1 Å². The molecule has 0 nitrogen and oxygen atoms in total. The van der Waals surface area contributed by atoms with Crippen LogP contribution >= 0.6 is 11.1 Å². The van der Waals surface area contributed by atoms with Crippen molar-refractivity contribution in [2.24, 2.45) is 0 Å². The van der Waals surface area contributed by atoms with E-state index in [9.17, 15) is 0 Å². The highest BCUT2D eigenvalue weighted by atomic mass is 35.6. The lowest BCUT2D eigenvalue weighted by atomic mass is 9.98. The van der Waals surface area contributed by atoms with E-state index in [1.165, 1.54) is 43.7 Å². The average Bonchev–Trinajstić information content (AvgIpc) is 2.33. The van der Waals surface area contributed by atoms with Gasteiger partial charge in [-0.15, -0.1) is 0 Å². The molecule has 0 N–H and O–H groups in total. The Morgan fingerprint density at radius 3 is 2.38 bits per heavy atom. The quantitative estimate of drug-likeness (QED) is 0.517. The topological polar surface area (TPSA) is 0 Å². The van der Waals surface area contributed by atoms with Crippen molar-refractivity contribution < 1.29 is 0 Å². The number of hydrogen-bond acceptors (Lipinski definition) is 0. The van der Waals surface area contributed by atoms with E-state index in [0.29, 0.717) is 0 Å². The largest absolute Gasteiger partial charge is 0.170 e. The van der Waals surface area contributed by atoms with Crippen LogP contribution in [0.2, 0.25) is 0 Å². The summed E-state index contributed by atoms with van der Waals surface area (Å²) in [5.74, 6) is 0. The molecular weight excluding hydrogens is 232 g/mol. The highest BCUT2D eigenvalue weighted by molar-refractivity contribution is 7.01. The van der Waals surface area contributed by atoms with Gasteiger partial charge in [0.15, 0.2) is 8.83 Å². The standard InChI is InChI=1S/C14H23ClSi/c1-3-5-8-12-9-7-11-14(16-15)13(12)10-6-4-2/h7,9,11H,3-6,8,10,16H2,1-2H3. The van der Waals surface area contributed by atoms with Gasteiger partial charge in [0, 0.05) is 0 Å². The predicted molar refractivity (Wildman–Crippen MR) is 77.7 cm³/mol. The van der Waals surface area contributed by atoms with Gasteiger partial charge in [-0.2, -0.15) is 11.1 Å². The summed E-state index contributed by atoms with van der Waals surface area (Å²) in [4.78, 5) is 0. The summed E-state index contributed by atoms with van der Waals surface area (Å²) in [6.45, 7) is 4.51. The minimum Gasteiger partial charge on any atom is -0.170 e. The monoisotopic (exact) mass is 254 g/mol. The number of unbranched alkanes of at least 4 members (excludes halogenated alkanes) is 2. The van der Waals surface area contributed by atoms with Crippen LogP contribution in [-0.2, 0) is 12.8 Å². The van der Waals surface area contributed by atoms with E-state index in [1.54, 1.807) is 11.1 Å². The first kappa shape index (κ1) is 13.8. The van der Waals surface area contributed by atoms with Crippen LogP contribution in [0.3, 0.4) is 0 Å². The Balaban J connectivity index is 2.86. The second-order valence-electron chi connectivity index (χ2n) is 4.40. The summed E-state index contributed by atoms with van der Waals surface area (Å²) in [5.41, 5.74) is 3.14. The van der Waals surface area contributed by atoms with Crippen molar-refractivity contribution >= 4 is 25.1 Å². The van der Waals surface area contributed by atoms with Gasteiger partial charge in [-0.25, -0.2) is 0 Å². The van der Waals surface area contributed by atoms with Crippen LogP contribution in [0.4, 0.5) is 0 Å². The molecule has 0 amide bonds. The van der Waals surface area contributed by atoms with Crippen molar-refractivity contribution in [2.45, 2.75) is 52.4 Å². The van der Waals surface area contributed by atoms with Gasteiger partial charge in [-0.3, -0.25) is 0 Å². The molecule has 0 spiro atoms. The van der Waals surface area contributed by atoms with Crippen LogP contribution in [0, 0.1) is 0 Å². The van der Waals surface area contributed by atoms with Gasteiger partial charge in [-0.1, -0.05) is 44.9 Å². The lowest BCUT2D eigenvalue weighted by Gasteiger charge is -2.13. The molecule has 0 heterocycles. The zero-order valence-corrected chi connectivity index (χ0v) is 12.7. The maximum Gasteiger partial charge on any atom is 0.156 e. The Bertz CT molecular complexity index is 310. The Hall–Kier alpha value is -0.273. The molecule has 0 aliphatic carbocycles. The normalized spacial score (nSPS) is 11.4. The summed E-state index contributed by atoms with van der Waals surface area (Å²) in [6, 6.07) is 6.72. The Morgan fingerprint density at radius 1 is 1.06 bits per heavy atom. The van der Waals surface area contributed by atoms with Crippen molar-refractivity contribution in [1.82, 2.24) is 0 Å². The number of aryl methyl sites for hydroxylation is 1. The van der Waals surface area contributed by atoms with Crippen molar-refractivity contribution in [3.63, 3.8) is 0 Å². The zero-order valence-electron chi connectivity index (χ0n) is 10.6. The summed E-state index contributed by atoms with van der Waals surface area (Å²) in [5, 5.41) is 1.48. The van der Waals surface area contributed by atoms with Gasteiger partial charge in [0.25, 0.3) is 0 Å². The summed E-state index contributed by atoms with van der Waals surface area (Å²) in [7, 11) is -0.538. The molecule has 0 saturated heterocycles. The number of halogens is 1. The van der Waals surface area contributed by atoms with Crippen LogP contribution in [0.5, 0.6) is 0 Å². The minimum atomic E-state index is -0.538. The molecule has 0 atom stereocenters. The number of benzene rings is 1. The Morgan fingerprint density at radius 2 is 1.75 bits per heavy atom. The SMILES string of the molecule is CCCCc1cccc([SiH2]Cl)c1CCCC. The van der Waals surface area contributed by atoms with Gasteiger partial charge >= 0.3 is 0 Å². The molecule has 0 fully saturated rings. The van der Waals surface area contributed by atoms with Crippen LogP contribution < -0.4 is 5.19 Å².